The molecule has 1 aromatic rings. The van der Waals surface area contributed by atoms with E-state index in [0.29, 0.717) is 38.0 Å². The normalized spacial score (nSPS) is 24.9. The molecular formula is C19H30N4O4S. The second-order valence-corrected chi connectivity index (χ2v) is 9.95. The third kappa shape index (κ3) is 3.98. The predicted octanol–water partition coefficient (Wildman–Crippen LogP) is 0.746. The topological polar surface area (TPSA) is 75.1 Å². The number of aryl methyl sites for hydroxylation is 1. The summed E-state index contributed by atoms with van der Waals surface area (Å²) in [7, 11) is -1.77. The van der Waals surface area contributed by atoms with E-state index in [0.717, 1.165) is 51.9 Å². The highest BCUT2D eigenvalue weighted by atomic mass is 32.2. The number of carbonyl (C=O) groups excluding carboxylic acids is 1. The van der Waals surface area contributed by atoms with Crippen molar-refractivity contribution < 1.29 is 17.9 Å². The lowest BCUT2D eigenvalue weighted by atomic mass is 10.2. The van der Waals surface area contributed by atoms with Crippen LogP contribution in [0.2, 0.25) is 0 Å². The zero-order chi connectivity index (χ0) is 19.7. The monoisotopic (exact) mass is 410 g/mol. The van der Waals surface area contributed by atoms with Gasteiger partial charge in [-0.15, -0.1) is 0 Å². The minimum atomic E-state index is -3.51. The van der Waals surface area contributed by atoms with Crippen LogP contribution in [0.15, 0.2) is 17.2 Å². The number of nitrogens with zero attached hydrogens (tertiary/aromatic N) is 4. The number of piperazine rings is 1. The molecule has 1 atom stereocenters. The van der Waals surface area contributed by atoms with E-state index >= 15 is 0 Å². The van der Waals surface area contributed by atoms with Crippen LogP contribution in [-0.2, 0) is 21.8 Å². The Morgan fingerprint density at radius 1 is 1.11 bits per heavy atom. The van der Waals surface area contributed by atoms with Crippen LogP contribution in [0.25, 0.3) is 0 Å². The summed E-state index contributed by atoms with van der Waals surface area (Å²) in [4.78, 5) is 17.4. The Kier molecular flexibility index (Phi) is 5.78. The number of rotatable bonds is 5. The van der Waals surface area contributed by atoms with Gasteiger partial charge in [0.1, 0.15) is 10.6 Å². The zero-order valence-electron chi connectivity index (χ0n) is 16.5. The largest absolute Gasteiger partial charge is 0.377 e. The molecule has 9 heteroatoms. The summed E-state index contributed by atoms with van der Waals surface area (Å²) < 4.78 is 34.4. The van der Waals surface area contributed by atoms with Gasteiger partial charge in [-0.2, -0.15) is 4.31 Å². The van der Waals surface area contributed by atoms with Gasteiger partial charge in [0.15, 0.2) is 0 Å². The number of carbonyl (C=O) groups is 1. The third-order valence-electron chi connectivity index (χ3n) is 6.05. The molecule has 0 saturated carbocycles. The molecule has 3 saturated heterocycles. The van der Waals surface area contributed by atoms with Crippen molar-refractivity contribution in [3.05, 3.63) is 18.0 Å². The summed E-state index contributed by atoms with van der Waals surface area (Å²) in [5, 5.41) is 0. The van der Waals surface area contributed by atoms with Crippen LogP contribution in [0, 0.1) is 0 Å². The van der Waals surface area contributed by atoms with E-state index in [1.54, 1.807) is 17.8 Å². The van der Waals surface area contributed by atoms with E-state index in [-0.39, 0.29) is 10.8 Å². The Balaban J connectivity index is 1.39. The van der Waals surface area contributed by atoms with Crippen molar-refractivity contribution in [1.29, 1.82) is 0 Å². The highest BCUT2D eigenvalue weighted by Crippen LogP contribution is 2.23. The van der Waals surface area contributed by atoms with Crippen LogP contribution >= 0.6 is 0 Å². The van der Waals surface area contributed by atoms with Gasteiger partial charge in [0.05, 0.1) is 6.10 Å². The Labute approximate surface area is 167 Å². The molecule has 3 fully saturated rings. The molecule has 4 rings (SSSR count). The van der Waals surface area contributed by atoms with Crippen LogP contribution in [0.5, 0.6) is 0 Å². The number of aromatic nitrogens is 1. The third-order valence-corrected chi connectivity index (χ3v) is 7.91. The fourth-order valence-electron chi connectivity index (χ4n) is 4.34. The standard InChI is InChI=1S/C19H30N4O4S/c1-20-15-17(28(25,26)23-6-2-3-7-23)13-18(20)19(24)22-10-8-21(9-11-22)14-16-5-4-12-27-16/h13,15-16H,2-12,14H2,1H3. The van der Waals surface area contributed by atoms with Gasteiger partial charge >= 0.3 is 0 Å². The van der Waals surface area contributed by atoms with Crippen LogP contribution in [0.1, 0.15) is 36.2 Å². The second kappa shape index (κ2) is 8.14. The molecular weight excluding hydrogens is 380 g/mol. The number of hydrogen-bond acceptors (Lipinski definition) is 5. The van der Waals surface area contributed by atoms with Gasteiger partial charge in [-0.05, 0) is 31.7 Å². The lowest BCUT2D eigenvalue weighted by Crippen LogP contribution is -2.50. The van der Waals surface area contributed by atoms with E-state index < -0.39 is 10.0 Å². The lowest BCUT2D eigenvalue weighted by Gasteiger charge is -2.35. The van der Waals surface area contributed by atoms with Gasteiger partial charge in [-0.1, -0.05) is 0 Å². The molecule has 3 aliphatic rings. The number of ether oxygens (including phenoxy) is 1. The quantitative estimate of drug-likeness (QED) is 0.716. The summed E-state index contributed by atoms with van der Waals surface area (Å²) in [5.74, 6) is -0.0952. The Hall–Kier alpha value is -1.42. The summed E-state index contributed by atoms with van der Waals surface area (Å²) in [5.41, 5.74) is 0.436. The van der Waals surface area contributed by atoms with Crippen LogP contribution in [0.3, 0.4) is 0 Å². The minimum absolute atomic E-state index is 0.0952. The van der Waals surface area contributed by atoms with Gasteiger partial charge in [0.2, 0.25) is 10.0 Å². The maximum atomic E-state index is 13.0. The van der Waals surface area contributed by atoms with Crippen molar-refractivity contribution in [2.24, 2.45) is 7.05 Å². The number of amides is 1. The van der Waals surface area contributed by atoms with E-state index in [1.807, 2.05) is 4.90 Å². The highest BCUT2D eigenvalue weighted by Gasteiger charge is 2.31. The first kappa shape index (κ1) is 19.9. The summed E-state index contributed by atoms with van der Waals surface area (Å²) in [6, 6.07) is 1.54. The molecule has 0 N–H and O–H groups in total. The Bertz CT molecular complexity index is 802. The average molecular weight is 411 g/mol. The molecule has 0 radical (unpaired) electrons. The smallest absolute Gasteiger partial charge is 0.270 e. The molecule has 4 heterocycles. The van der Waals surface area contributed by atoms with Crippen LogP contribution in [0.4, 0.5) is 0 Å². The highest BCUT2D eigenvalue weighted by molar-refractivity contribution is 7.89. The van der Waals surface area contributed by atoms with Crippen LogP contribution < -0.4 is 0 Å². The Morgan fingerprint density at radius 3 is 2.46 bits per heavy atom. The van der Waals surface area contributed by atoms with E-state index in [4.69, 9.17) is 4.74 Å². The second-order valence-electron chi connectivity index (χ2n) is 8.01. The van der Waals surface area contributed by atoms with Crippen molar-refractivity contribution in [2.45, 2.75) is 36.7 Å². The Morgan fingerprint density at radius 2 is 1.82 bits per heavy atom. The minimum Gasteiger partial charge on any atom is -0.377 e. The molecule has 0 spiro atoms. The summed E-state index contributed by atoms with van der Waals surface area (Å²) in [6.45, 7) is 5.89. The number of sulfonamides is 1. The summed E-state index contributed by atoms with van der Waals surface area (Å²) in [6.07, 6.45) is 5.95. The average Bonchev–Trinajstić information content (AvgIpc) is 3.44. The van der Waals surface area contributed by atoms with Gasteiger partial charge in [0, 0.05) is 65.7 Å². The summed E-state index contributed by atoms with van der Waals surface area (Å²) >= 11 is 0. The molecule has 28 heavy (non-hydrogen) atoms. The van der Waals surface area contributed by atoms with Crippen molar-refractivity contribution in [2.75, 3.05) is 52.4 Å². The van der Waals surface area contributed by atoms with E-state index in [9.17, 15) is 13.2 Å². The van der Waals surface area contributed by atoms with Crippen molar-refractivity contribution >= 4 is 15.9 Å². The molecule has 156 valence electrons. The molecule has 0 aromatic carbocycles. The van der Waals surface area contributed by atoms with Gasteiger partial charge in [-0.25, -0.2) is 8.42 Å². The maximum absolute atomic E-state index is 13.0. The van der Waals surface area contributed by atoms with E-state index in [2.05, 4.69) is 4.90 Å². The maximum Gasteiger partial charge on any atom is 0.270 e. The van der Waals surface area contributed by atoms with Crippen molar-refractivity contribution in [3.63, 3.8) is 0 Å². The molecule has 1 unspecified atom stereocenters. The van der Waals surface area contributed by atoms with Gasteiger partial charge < -0.3 is 14.2 Å². The van der Waals surface area contributed by atoms with Crippen LogP contribution in [-0.4, -0.2) is 91.5 Å². The lowest BCUT2D eigenvalue weighted by molar-refractivity contribution is 0.0428. The van der Waals surface area contributed by atoms with Crippen molar-refractivity contribution in [3.8, 4) is 0 Å². The van der Waals surface area contributed by atoms with Gasteiger partial charge in [0.25, 0.3) is 5.91 Å². The fourth-order valence-corrected chi connectivity index (χ4v) is 5.93. The molecule has 1 aromatic heterocycles. The van der Waals surface area contributed by atoms with Gasteiger partial charge in [-0.3, -0.25) is 9.69 Å². The predicted molar refractivity (Wildman–Crippen MR) is 105 cm³/mol. The first-order chi connectivity index (χ1) is 13.4. The molecule has 3 aliphatic heterocycles. The van der Waals surface area contributed by atoms with E-state index in [1.165, 1.54) is 10.4 Å². The first-order valence-electron chi connectivity index (χ1n) is 10.2. The first-order valence-corrected chi connectivity index (χ1v) is 11.7. The number of hydrogen-bond donors (Lipinski definition) is 0. The molecule has 0 aliphatic carbocycles. The molecule has 8 nitrogen and oxygen atoms in total. The molecule has 1 amide bonds. The SMILES string of the molecule is Cn1cc(S(=O)(=O)N2CCCC2)cc1C(=O)N1CCN(CC2CCCO2)CC1. The fraction of sp³-hybridized carbons (Fsp3) is 0.737. The van der Waals surface area contributed by atoms with Crippen molar-refractivity contribution in [1.82, 2.24) is 18.7 Å². The molecule has 0 bridgehead atoms. The zero-order valence-corrected chi connectivity index (χ0v) is 17.4.